The smallest absolute Gasteiger partial charge is 0.189 e. The minimum absolute atomic E-state index is 0.0229. The van der Waals surface area contributed by atoms with E-state index < -0.39 is 111 Å². The van der Waals surface area contributed by atoms with Gasteiger partial charge in [0.1, 0.15) is 66.8 Å². The van der Waals surface area contributed by atoms with Crippen LogP contribution in [0.1, 0.15) is 106 Å². The monoisotopic (exact) mass is 886 g/mol. The molecule has 62 heavy (non-hydrogen) atoms. The molecule has 4 saturated carbocycles. The van der Waals surface area contributed by atoms with Crippen molar-refractivity contribution in [3.8, 4) is 0 Å². The van der Waals surface area contributed by atoms with Crippen molar-refractivity contribution in [3.63, 3.8) is 0 Å². The number of carbonyl (C=O) groups is 1. The van der Waals surface area contributed by atoms with Crippen molar-refractivity contribution in [2.24, 2.45) is 52.3 Å². The van der Waals surface area contributed by atoms with Gasteiger partial charge in [0.05, 0.1) is 31.0 Å². The predicted octanol–water partition coefficient (Wildman–Crippen LogP) is 0.483. The lowest BCUT2D eigenvalue weighted by Gasteiger charge is -2.61. The number of aliphatic hydroxyl groups excluding tert-OH is 9. The number of aliphatic hydroxyl groups is 9. The first-order chi connectivity index (χ1) is 29.3. The molecule has 0 aromatic carbocycles. The lowest BCUT2D eigenvalue weighted by molar-refractivity contribution is -0.370. The van der Waals surface area contributed by atoms with Gasteiger partial charge in [0, 0.05) is 18.3 Å². The largest absolute Gasteiger partial charge is 0.394 e. The van der Waals surface area contributed by atoms with Crippen LogP contribution in [0.5, 0.6) is 0 Å². The van der Waals surface area contributed by atoms with Gasteiger partial charge in [-0.1, -0.05) is 27.7 Å². The Bertz CT molecular complexity index is 1560. The molecule has 9 N–H and O–H groups in total. The van der Waals surface area contributed by atoms with Gasteiger partial charge >= 0.3 is 0 Å². The summed E-state index contributed by atoms with van der Waals surface area (Å²) in [6.45, 7) is 11.6. The molecule has 8 fully saturated rings. The van der Waals surface area contributed by atoms with Crippen molar-refractivity contribution < 1.29 is 83.9 Å². The minimum Gasteiger partial charge on any atom is -0.394 e. The minimum atomic E-state index is -1.67. The molecule has 4 saturated heterocycles. The maximum absolute atomic E-state index is 14.4. The van der Waals surface area contributed by atoms with Gasteiger partial charge in [-0.3, -0.25) is 4.79 Å². The zero-order chi connectivity index (χ0) is 44.7. The Morgan fingerprint density at radius 2 is 1.24 bits per heavy atom. The summed E-state index contributed by atoms with van der Waals surface area (Å²) >= 11 is 0. The second kappa shape index (κ2) is 18.3. The molecule has 4 heterocycles. The van der Waals surface area contributed by atoms with Gasteiger partial charge in [-0.15, -0.1) is 0 Å². The van der Waals surface area contributed by atoms with Crippen LogP contribution in [-0.2, 0) is 38.0 Å². The molecule has 0 aromatic heterocycles. The molecule has 0 aromatic rings. The Morgan fingerprint density at radius 1 is 0.629 bits per heavy atom. The Hall–Kier alpha value is -0.970. The topological polar surface area (TPSA) is 264 Å². The van der Waals surface area contributed by atoms with Gasteiger partial charge in [-0.25, -0.2) is 0 Å². The van der Waals surface area contributed by atoms with E-state index in [1.807, 2.05) is 0 Å². The maximum Gasteiger partial charge on any atom is 0.189 e. The normalized spacial score (nSPS) is 56.4. The van der Waals surface area contributed by atoms with Crippen LogP contribution in [0.25, 0.3) is 0 Å². The van der Waals surface area contributed by atoms with E-state index in [-0.39, 0.29) is 46.4 Å². The van der Waals surface area contributed by atoms with Crippen LogP contribution in [-0.4, -0.2) is 169 Å². The Labute approximate surface area is 364 Å². The molecule has 4 aliphatic heterocycles. The first kappa shape index (κ1) is 47.5. The summed E-state index contributed by atoms with van der Waals surface area (Å²) in [7, 11) is 0. The highest BCUT2D eigenvalue weighted by atomic mass is 16.8. The van der Waals surface area contributed by atoms with Crippen molar-refractivity contribution in [1.29, 1.82) is 0 Å². The molecule has 17 nitrogen and oxygen atoms in total. The fraction of sp³-hybridized carbons (Fsp3) is 0.978. The molecular formula is C45H74O17. The van der Waals surface area contributed by atoms with E-state index in [0.717, 1.165) is 44.9 Å². The third-order valence-electron chi connectivity index (χ3n) is 17.7. The van der Waals surface area contributed by atoms with E-state index in [0.29, 0.717) is 37.0 Å². The molecule has 27 atom stereocenters. The van der Waals surface area contributed by atoms with E-state index in [1.54, 1.807) is 6.92 Å². The number of hydrogen-bond donors (Lipinski definition) is 9. The van der Waals surface area contributed by atoms with Crippen LogP contribution in [0.3, 0.4) is 0 Å². The van der Waals surface area contributed by atoms with Crippen LogP contribution in [0, 0.1) is 52.3 Å². The van der Waals surface area contributed by atoms with Crippen molar-refractivity contribution in [3.05, 3.63) is 0 Å². The summed E-state index contributed by atoms with van der Waals surface area (Å²) in [5.41, 5.74) is -0.222. The fourth-order valence-corrected chi connectivity index (χ4v) is 13.8. The Balaban J connectivity index is 0.917. The summed E-state index contributed by atoms with van der Waals surface area (Å²) in [6, 6.07) is 0. The number of hydrogen-bond acceptors (Lipinski definition) is 17. The molecule has 0 radical (unpaired) electrons. The fourth-order valence-electron chi connectivity index (χ4n) is 13.8. The van der Waals surface area contributed by atoms with E-state index in [2.05, 4.69) is 27.7 Å². The van der Waals surface area contributed by atoms with Gasteiger partial charge in [-0.05, 0) is 112 Å². The summed E-state index contributed by atoms with van der Waals surface area (Å²) < 4.78 is 42.7. The molecular weight excluding hydrogens is 812 g/mol. The molecule has 4 aliphatic carbocycles. The highest BCUT2D eigenvalue weighted by molar-refractivity contribution is 5.83. The quantitative estimate of drug-likeness (QED) is 0.143. The average Bonchev–Trinajstić information content (AvgIpc) is 3.60. The van der Waals surface area contributed by atoms with Crippen molar-refractivity contribution in [1.82, 2.24) is 0 Å². The first-order valence-corrected chi connectivity index (χ1v) is 23.4. The molecule has 8 rings (SSSR count). The summed E-state index contributed by atoms with van der Waals surface area (Å²) in [4.78, 5) is 14.4. The zero-order valence-corrected chi connectivity index (χ0v) is 37.0. The van der Waals surface area contributed by atoms with Crippen LogP contribution in [0.15, 0.2) is 0 Å². The summed E-state index contributed by atoms with van der Waals surface area (Å²) in [5.74, 6) is 1.60. The molecule has 0 spiro atoms. The van der Waals surface area contributed by atoms with E-state index in [4.69, 9.17) is 33.2 Å². The van der Waals surface area contributed by atoms with Crippen LogP contribution < -0.4 is 0 Å². The maximum atomic E-state index is 14.4. The third kappa shape index (κ3) is 8.27. The Morgan fingerprint density at radius 3 is 1.89 bits per heavy atom. The van der Waals surface area contributed by atoms with E-state index >= 15 is 0 Å². The first-order valence-electron chi connectivity index (χ1n) is 23.4. The second-order valence-corrected chi connectivity index (χ2v) is 21.1. The zero-order valence-electron chi connectivity index (χ0n) is 37.0. The van der Waals surface area contributed by atoms with Crippen molar-refractivity contribution in [2.75, 3.05) is 6.61 Å². The number of rotatable bonds is 9. The standard InChI is InChI=1S/C45H74O17/c1-18-7-10-29(59-40(18)62-42-38(55)35(52)32(49)21(4)57-42)19(2)24-8-9-25-23-16-28(47)27-15-22(11-13-45(27,6)26(23)12-14-44(24,25)5)58-43-39(36(53)33(50)30(17-46)60-43)61-41-37(54)34(51)31(48)20(3)56-41/h18-27,29-43,46,48-55H,7-17H2,1-6H3/t18-,19+,20+,21+,22+,23+,24?,25+,26+,27-,29?,30-,31+,32+,33-,34-,35-,36+,37-,38-,39-,40-,41+,42+,43-,44-,45-/m1/s1. The highest BCUT2D eigenvalue weighted by Crippen LogP contribution is 2.68. The highest BCUT2D eigenvalue weighted by Gasteiger charge is 2.64. The van der Waals surface area contributed by atoms with E-state index in [9.17, 15) is 50.8 Å². The van der Waals surface area contributed by atoms with Crippen molar-refractivity contribution >= 4 is 5.78 Å². The van der Waals surface area contributed by atoms with Crippen LogP contribution in [0.2, 0.25) is 0 Å². The number of Topliss-reactive ketones (excluding diaryl/α,β-unsaturated/α-hetero) is 1. The average molecular weight is 887 g/mol. The molecule has 0 bridgehead atoms. The molecule has 8 aliphatic rings. The predicted molar refractivity (Wildman–Crippen MR) is 215 cm³/mol. The molecule has 2 unspecified atom stereocenters. The number of fused-ring (bicyclic) bond motifs is 5. The lowest BCUT2D eigenvalue weighted by atomic mass is 9.44. The molecule has 17 heteroatoms. The second-order valence-electron chi connectivity index (χ2n) is 21.1. The molecule has 356 valence electrons. The van der Waals surface area contributed by atoms with Gasteiger partial charge in [0.2, 0.25) is 0 Å². The lowest BCUT2D eigenvalue weighted by Crippen LogP contribution is -2.64. The third-order valence-corrected chi connectivity index (χ3v) is 17.7. The van der Waals surface area contributed by atoms with Crippen LogP contribution >= 0.6 is 0 Å². The van der Waals surface area contributed by atoms with Gasteiger partial charge in [0.15, 0.2) is 25.2 Å². The van der Waals surface area contributed by atoms with Gasteiger partial charge < -0.3 is 79.1 Å². The van der Waals surface area contributed by atoms with Gasteiger partial charge in [0.25, 0.3) is 0 Å². The SMILES string of the molecule is C[C@H](C1CC[C@@H](C)[C@@H](O[C@@H]2O[C@@H](C)[C@H](O)[C@@H](O)[C@H]2O)O1)C1CC[C@H]2[C@@H]3CC(=O)[C@H]4C[C@@H](O[C@@H]5O[C@H](CO)[C@@H](O)[C@H](O)[C@H]5O[C@@H]5O[C@@H](C)[C@H](O)[C@@H](O)[C@H]5O)CC[C@]4(C)[C@H]3CC[C@]12C. The number of ketones is 1. The summed E-state index contributed by atoms with van der Waals surface area (Å²) in [5, 5.41) is 94.4. The molecule has 0 amide bonds. The van der Waals surface area contributed by atoms with Crippen molar-refractivity contribution in [2.45, 2.75) is 216 Å². The van der Waals surface area contributed by atoms with Crippen LogP contribution in [0.4, 0.5) is 0 Å². The van der Waals surface area contributed by atoms with E-state index in [1.165, 1.54) is 6.92 Å². The number of ether oxygens (including phenoxy) is 7. The Kier molecular flexibility index (Phi) is 14.0. The van der Waals surface area contributed by atoms with Gasteiger partial charge in [-0.2, -0.15) is 0 Å². The number of carbonyl (C=O) groups excluding carboxylic acids is 1. The summed E-state index contributed by atoms with van der Waals surface area (Å²) in [6.07, 6.45) is -13.0.